The first-order chi connectivity index (χ1) is 10.5. The van der Waals surface area contributed by atoms with E-state index in [1.54, 1.807) is 17.5 Å². The number of carbonyl (C=O) groups is 1. The number of aromatic nitrogens is 1. The van der Waals surface area contributed by atoms with Crippen LogP contribution in [0.5, 0.6) is 0 Å². The maximum absolute atomic E-state index is 12.9. The lowest BCUT2D eigenvalue weighted by atomic mass is 10.1. The van der Waals surface area contributed by atoms with Crippen molar-refractivity contribution in [1.82, 2.24) is 10.3 Å². The van der Waals surface area contributed by atoms with Gasteiger partial charge in [-0.1, -0.05) is 12.1 Å². The zero-order chi connectivity index (χ0) is 16.2. The van der Waals surface area contributed by atoms with Gasteiger partial charge in [0.25, 0.3) is 5.91 Å². The van der Waals surface area contributed by atoms with Crippen molar-refractivity contribution >= 4 is 17.2 Å². The number of thiazole rings is 1. The van der Waals surface area contributed by atoms with Crippen molar-refractivity contribution in [3.05, 3.63) is 51.7 Å². The van der Waals surface area contributed by atoms with Crippen molar-refractivity contribution in [3.8, 4) is 0 Å². The van der Waals surface area contributed by atoms with Crippen LogP contribution in [0.3, 0.4) is 0 Å². The first-order valence-electron chi connectivity index (χ1n) is 6.69. The number of halogens is 1. The van der Waals surface area contributed by atoms with E-state index in [9.17, 15) is 19.4 Å². The average molecular weight is 324 g/mol. The maximum atomic E-state index is 12.9. The quantitative estimate of drug-likeness (QED) is 0.749. The topological polar surface area (TPSA) is 82.5 Å². The smallest absolute Gasteiger partial charge is 0.271 e. The number of nitrogens with one attached hydrogen (secondary N) is 1. The normalized spacial score (nSPS) is 11.5. The third-order valence-corrected chi connectivity index (χ3v) is 4.02. The molecule has 1 aromatic carbocycles. The summed E-state index contributed by atoms with van der Waals surface area (Å²) in [6.07, 6.45) is 0.509. The highest BCUT2D eigenvalue weighted by atomic mass is 32.1. The Hall–Kier alpha value is -1.83. The number of carbonyl (C=O) groups excluding carboxylic acids is 1. The molecule has 5 nitrogen and oxygen atoms in total. The zero-order valence-corrected chi connectivity index (χ0v) is 12.9. The van der Waals surface area contributed by atoms with Crippen molar-refractivity contribution in [3.63, 3.8) is 0 Å². The summed E-state index contributed by atoms with van der Waals surface area (Å²) in [5.41, 5.74) is 0.0474. The highest BCUT2D eigenvalue weighted by molar-refractivity contribution is 7.09. The van der Waals surface area contributed by atoms with E-state index < -0.39 is 11.4 Å². The average Bonchev–Trinajstić information content (AvgIpc) is 2.98. The van der Waals surface area contributed by atoms with Crippen molar-refractivity contribution < 1.29 is 19.4 Å². The Labute approximate surface area is 131 Å². The summed E-state index contributed by atoms with van der Waals surface area (Å²) in [4.78, 5) is 16.3. The minimum atomic E-state index is -1.09. The van der Waals surface area contributed by atoms with Gasteiger partial charge in [-0.2, -0.15) is 0 Å². The molecule has 0 spiro atoms. The van der Waals surface area contributed by atoms with E-state index in [4.69, 9.17) is 0 Å². The Bertz CT molecular complexity index is 638. The van der Waals surface area contributed by atoms with Crippen LogP contribution in [0, 0.1) is 5.82 Å². The highest BCUT2D eigenvalue weighted by Gasteiger charge is 2.26. The second kappa shape index (κ2) is 6.95. The Kier molecular flexibility index (Phi) is 5.23. The van der Waals surface area contributed by atoms with Gasteiger partial charge in [0.2, 0.25) is 0 Å². The fourth-order valence-corrected chi connectivity index (χ4v) is 2.55. The molecule has 0 unspecified atom stereocenters. The third-order valence-electron chi connectivity index (χ3n) is 3.17. The Morgan fingerprint density at radius 2 is 1.95 bits per heavy atom. The SMILES string of the molecule is CC(CO)(CO)NC(=O)c1csc(Cc2ccc(F)cc2)n1. The minimum Gasteiger partial charge on any atom is -0.394 e. The van der Waals surface area contributed by atoms with Gasteiger partial charge in [0, 0.05) is 11.8 Å². The predicted octanol–water partition coefficient (Wildman–Crippen LogP) is 1.35. The fourth-order valence-electron chi connectivity index (χ4n) is 1.74. The molecule has 0 atom stereocenters. The van der Waals surface area contributed by atoms with Gasteiger partial charge in [0.1, 0.15) is 11.5 Å². The Balaban J connectivity index is 2.04. The van der Waals surface area contributed by atoms with Gasteiger partial charge < -0.3 is 15.5 Å². The van der Waals surface area contributed by atoms with Gasteiger partial charge in [-0.3, -0.25) is 4.79 Å². The van der Waals surface area contributed by atoms with E-state index >= 15 is 0 Å². The van der Waals surface area contributed by atoms with Crippen LogP contribution in [0.2, 0.25) is 0 Å². The molecule has 2 rings (SSSR count). The van der Waals surface area contributed by atoms with Gasteiger partial charge in [0.15, 0.2) is 0 Å². The molecule has 22 heavy (non-hydrogen) atoms. The summed E-state index contributed by atoms with van der Waals surface area (Å²) >= 11 is 1.33. The first-order valence-corrected chi connectivity index (χ1v) is 7.57. The highest BCUT2D eigenvalue weighted by Crippen LogP contribution is 2.16. The van der Waals surface area contributed by atoms with Crippen LogP contribution in [0.25, 0.3) is 0 Å². The number of aliphatic hydroxyl groups is 2. The molecule has 0 fully saturated rings. The number of aliphatic hydroxyl groups excluding tert-OH is 2. The number of benzene rings is 1. The van der Waals surface area contributed by atoms with E-state index in [-0.39, 0.29) is 24.7 Å². The number of nitrogens with zero attached hydrogens (tertiary/aromatic N) is 1. The molecule has 0 bridgehead atoms. The van der Waals surface area contributed by atoms with Crippen LogP contribution in [0.15, 0.2) is 29.6 Å². The molecule has 2 aromatic rings. The molecule has 0 aliphatic carbocycles. The van der Waals surface area contributed by atoms with E-state index in [0.717, 1.165) is 10.6 Å². The number of amides is 1. The molecular formula is C15H17FN2O3S. The van der Waals surface area contributed by atoms with Crippen molar-refractivity contribution in [2.45, 2.75) is 18.9 Å². The summed E-state index contributed by atoms with van der Waals surface area (Å²) in [6.45, 7) is 0.792. The van der Waals surface area contributed by atoms with Gasteiger partial charge in [-0.25, -0.2) is 9.37 Å². The van der Waals surface area contributed by atoms with Crippen LogP contribution < -0.4 is 5.32 Å². The second-order valence-electron chi connectivity index (χ2n) is 5.26. The summed E-state index contributed by atoms with van der Waals surface area (Å²) in [6, 6.07) is 6.10. The number of hydrogen-bond acceptors (Lipinski definition) is 5. The van der Waals surface area contributed by atoms with Gasteiger partial charge in [-0.05, 0) is 24.6 Å². The predicted molar refractivity (Wildman–Crippen MR) is 81.4 cm³/mol. The van der Waals surface area contributed by atoms with Crippen LogP contribution in [0.4, 0.5) is 4.39 Å². The van der Waals surface area contributed by atoms with E-state index in [0.29, 0.717) is 6.42 Å². The van der Waals surface area contributed by atoms with Crippen LogP contribution in [-0.4, -0.2) is 39.9 Å². The molecule has 0 saturated carbocycles. The molecule has 1 aromatic heterocycles. The molecule has 0 aliphatic rings. The van der Waals surface area contributed by atoms with Crippen LogP contribution >= 0.6 is 11.3 Å². The maximum Gasteiger partial charge on any atom is 0.271 e. The van der Waals surface area contributed by atoms with Gasteiger partial charge in [0.05, 0.1) is 23.8 Å². The zero-order valence-electron chi connectivity index (χ0n) is 12.0. The minimum absolute atomic E-state index is 0.232. The van der Waals surface area contributed by atoms with Gasteiger partial charge in [-0.15, -0.1) is 11.3 Å². The van der Waals surface area contributed by atoms with Crippen LogP contribution in [0.1, 0.15) is 28.0 Å². The lowest BCUT2D eigenvalue weighted by molar-refractivity contribution is 0.0720. The van der Waals surface area contributed by atoms with Crippen molar-refractivity contribution in [2.24, 2.45) is 0 Å². The first kappa shape index (κ1) is 16.5. The van der Waals surface area contributed by atoms with Crippen molar-refractivity contribution in [1.29, 1.82) is 0 Å². The molecule has 118 valence electrons. The van der Waals surface area contributed by atoms with E-state index in [1.165, 1.54) is 30.4 Å². The molecule has 7 heteroatoms. The molecule has 3 N–H and O–H groups in total. The molecular weight excluding hydrogens is 307 g/mol. The lowest BCUT2D eigenvalue weighted by Gasteiger charge is -2.25. The fraction of sp³-hybridized carbons (Fsp3) is 0.333. The summed E-state index contributed by atoms with van der Waals surface area (Å²) < 4.78 is 12.9. The van der Waals surface area contributed by atoms with E-state index in [1.807, 2.05) is 0 Å². The molecule has 0 saturated heterocycles. The molecule has 0 radical (unpaired) electrons. The lowest BCUT2D eigenvalue weighted by Crippen LogP contribution is -2.51. The van der Waals surface area contributed by atoms with Gasteiger partial charge >= 0.3 is 0 Å². The second-order valence-corrected chi connectivity index (χ2v) is 6.20. The summed E-state index contributed by atoms with van der Waals surface area (Å²) in [7, 11) is 0. The van der Waals surface area contributed by atoms with E-state index in [2.05, 4.69) is 10.3 Å². The molecule has 1 heterocycles. The standard InChI is InChI=1S/C15H17FN2O3S/c1-15(8-19,9-20)18-14(21)12-7-22-13(17-12)6-10-2-4-11(16)5-3-10/h2-5,7,19-20H,6,8-9H2,1H3,(H,18,21). The van der Waals surface area contributed by atoms with Crippen LogP contribution in [-0.2, 0) is 6.42 Å². The number of hydrogen-bond donors (Lipinski definition) is 3. The molecule has 0 aliphatic heterocycles. The Morgan fingerprint density at radius 1 is 1.32 bits per heavy atom. The third kappa shape index (κ3) is 4.09. The Morgan fingerprint density at radius 3 is 2.55 bits per heavy atom. The number of rotatable bonds is 6. The largest absolute Gasteiger partial charge is 0.394 e. The molecule has 1 amide bonds. The van der Waals surface area contributed by atoms with Crippen molar-refractivity contribution in [2.75, 3.05) is 13.2 Å². The summed E-state index contributed by atoms with van der Waals surface area (Å²) in [5.74, 6) is -0.748. The summed E-state index contributed by atoms with van der Waals surface area (Å²) in [5, 5.41) is 23.3. The monoisotopic (exact) mass is 324 g/mol.